The Hall–Kier alpha value is -4.35. The molecule has 0 aliphatic carbocycles. The summed E-state index contributed by atoms with van der Waals surface area (Å²) in [7, 11) is 0. The highest BCUT2D eigenvalue weighted by atomic mass is 32.1. The first-order valence-electron chi connectivity index (χ1n) is 10.1. The summed E-state index contributed by atoms with van der Waals surface area (Å²) in [4.78, 5) is 17.0. The van der Waals surface area contributed by atoms with E-state index in [0.29, 0.717) is 28.6 Å². The molecule has 33 heavy (non-hydrogen) atoms. The molecule has 0 aliphatic rings. The van der Waals surface area contributed by atoms with Crippen molar-refractivity contribution in [2.45, 2.75) is 13.2 Å². The zero-order valence-electron chi connectivity index (χ0n) is 17.3. The minimum Gasteiger partial charge on any atom is -0.484 e. The molecular formula is C25H17N3O4S. The number of nitriles is 1. The van der Waals surface area contributed by atoms with Crippen LogP contribution >= 0.6 is 11.3 Å². The fraction of sp³-hybridized carbons (Fsp3) is 0.0800. The summed E-state index contributed by atoms with van der Waals surface area (Å²) < 4.78 is 18.2. The number of rotatable bonds is 7. The van der Waals surface area contributed by atoms with Crippen molar-refractivity contribution in [3.05, 3.63) is 95.6 Å². The van der Waals surface area contributed by atoms with Crippen molar-refractivity contribution in [3.8, 4) is 22.6 Å². The molecule has 0 saturated heterocycles. The molecule has 8 heteroatoms. The lowest BCUT2D eigenvalue weighted by molar-refractivity contribution is 0.0916. The van der Waals surface area contributed by atoms with Crippen molar-refractivity contribution < 1.29 is 18.4 Å². The number of carbonyl (C=O) groups excluding carboxylic acids is 1. The Morgan fingerprint density at radius 2 is 1.82 bits per heavy atom. The van der Waals surface area contributed by atoms with Gasteiger partial charge in [0.05, 0.1) is 22.3 Å². The molecule has 3 aromatic heterocycles. The lowest BCUT2D eigenvalue weighted by atomic mass is 10.2. The monoisotopic (exact) mass is 455 g/mol. The quantitative estimate of drug-likeness (QED) is 0.346. The van der Waals surface area contributed by atoms with Crippen LogP contribution in [0.3, 0.4) is 0 Å². The maximum absolute atomic E-state index is 12.5. The van der Waals surface area contributed by atoms with Gasteiger partial charge in [0, 0.05) is 0 Å². The van der Waals surface area contributed by atoms with Crippen LogP contribution in [0.5, 0.6) is 5.75 Å². The van der Waals surface area contributed by atoms with Crippen LogP contribution < -0.4 is 10.1 Å². The second-order valence-corrected chi connectivity index (χ2v) is 8.13. The first-order chi connectivity index (χ1) is 16.2. The number of nitrogens with one attached hydrogen (secondary N) is 1. The number of amides is 1. The van der Waals surface area contributed by atoms with Crippen LogP contribution in [0.15, 0.2) is 81.6 Å². The number of para-hydroxylation sites is 2. The van der Waals surface area contributed by atoms with Gasteiger partial charge in [0.2, 0.25) is 0 Å². The van der Waals surface area contributed by atoms with E-state index >= 15 is 0 Å². The first kappa shape index (κ1) is 20.5. The predicted molar refractivity (Wildman–Crippen MR) is 123 cm³/mol. The van der Waals surface area contributed by atoms with Crippen molar-refractivity contribution >= 4 is 27.5 Å². The van der Waals surface area contributed by atoms with Gasteiger partial charge in [-0.05, 0) is 48.5 Å². The molecule has 0 bridgehead atoms. The maximum atomic E-state index is 12.5. The van der Waals surface area contributed by atoms with Crippen LogP contribution in [0.2, 0.25) is 0 Å². The summed E-state index contributed by atoms with van der Waals surface area (Å²) in [6, 6.07) is 23.8. The molecule has 162 valence electrons. The summed E-state index contributed by atoms with van der Waals surface area (Å²) in [5.74, 6) is 2.02. The molecule has 1 amide bonds. The lowest BCUT2D eigenvalue weighted by Crippen LogP contribution is -2.21. The van der Waals surface area contributed by atoms with Crippen LogP contribution in [-0.2, 0) is 13.2 Å². The maximum Gasteiger partial charge on any atom is 0.287 e. The van der Waals surface area contributed by atoms with E-state index in [1.807, 2.05) is 36.4 Å². The van der Waals surface area contributed by atoms with Gasteiger partial charge < -0.3 is 18.9 Å². The van der Waals surface area contributed by atoms with Crippen LogP contribution in [0, 0.1) is 11.3 Å². The van der Waals surface area contributed by atoms with Crippen molar-refractivity contribution in [2.75, 3.05) is 0 Å². The normalized spacial score (nSPS) is 10.8. The number of carbonyl (C=O) groups is 1. The zero-order valence-corrected chi connectivity index (χ0v) is 18.1. The van der Waals surface area contributed by atoms with Gasteiger partial charge in [-0.3, -0.25) is 4.79 Å². The van der Waals surface area contributed by atoms with E-state index in [1.165, 1.54) is 0 Å². The third-order valence-corrected chi connectivity index (χ3v) is 5.90. The lowest BCUT2D eigenvalue weighted by Gasteiger charge is -2.05. The molecule has 0 unspecified atom stereocenters. The second kappa shape index (κ2) is 9.02. The Kier molecular flexibility index (Phi) is 5.62. The van der Waals surface area contributed by atoms with E-state index in [2.05, 4.69) is 16.4 Å². The Morgan fingerprint density at radius 3 is 2.70 bits per heavy atom. The average molecular weight is 455 g/mol. The molecule has 0 spiro atoms. The highest BCUT2D eigenvalue weighted by Crippen LogP contribution is 2.31. The molecular weight excluding hydrogens is 438 g/mol. The highest BCUT2D eigenvalue weighted by Gasteiger charge is 2.14. The second-order valence-electron chi connectivity index (χ2n) is 7.10. The summed E-state index contributed by atoms with van der Waals surface area (Å²) in [6.45, 7) is 0.321. The van der Waals surface area contributed by atoms with E-state index in [4.69, 9.17) is 18.8 Å². The van der Waals surface area contributed by atoms with Crippen LogP contribution in [0.4, 0.5) is 0 Å². The van der Waals surface area contributed by atoms with Gasteiger partial charge in [0.25, 0.3) is 5.91 Å². The fourth-order valence-electron chi connectivity index (χ4n) is 3.23. The minimum atomic E-state index is -0.364. The number of benzene rings is 2. The summed E-state index contributed by atoms with van der Waals surface area (Å²) in [5, 5.41) is 12.7. The number of thiazole rings is 1. The molecule has 5 rings (SSSR count). The van der Waals surface area contributed by atoms with Crippen molar-refractivity contribution in [2.24, 2.45) is 0 Å². The number of nitrogens with zero attached hydrogens (tertiary/aromatic N) is 2. The molecule has 5 aromatic rings. The molecule has 0 fully saturated rings. The molecule has 0 atom stereocenters. The topological polar surface area (TPSA) is 101 Å². The van der Waals surface area contributed by atoms with Gasteiger partial charge in [-0.15, -0.1) is 11.3 Å². The van der Waals surface area contributed by atoms with E-state index in [0.717, 1.165) is 15.2 Å². The van der Waals surface area contributed by atoms with Gasteiger partial charge in [0.15, 0.2) is 16.5 Å². The number of furan rings is 2. The van der Waals surface area contributed by atoms with E-state index in [9.17, 15) is 4.79 Å². The average Bonchev–Trinajstić information content (AvgIpc) is 3.60. The highest BCUT2D eigenvalue weighted by molar-refractivity contribution is 7.21. The number of hydrogen-bond donors (Lipinski definition) is 1. The van der Waals surface area contributed by atoms with E-state index in [1.54, 1.807) is 47.7 Å². The Balaban J connectivity index is 1.18. The molecule has 7 nitrogen and oxygen atoms in total. The molecule has 0 aliphatic heterocycles. The molecule has 0 radical (unpaired) electrons. The summed E-state index contributed by atoms with van der Waals surface area (Å²) >= 11 is 1.56. The Morgan fingerprint density at radius 1 is 1.00 bits per heavy atom. The van der Waals surface area contributed by atoms with Crippen molar-refractivity contribution in [3.63, 3.8) is 0 Å². The SMILES string of the molecule is N#Cc1ccccc1OCc1ccc(C(=O)NCc2ccc(-c3nc4ccccc4s3)o2)o1. The third kappa shape index (κ3) is 4.49. The van der Waals surface area contributed by atoms with Crippen LogP contribution in [-0.4, -0.2) is 10.9 Å². The zero-order chi connectivity index (χ0) is 22.6. The largest absolute Gasteiger partial charge is 0.484 e. The molecule has 2 aromatic carbocycles. The van der Waals surface area contributed by atoms with Crippen LogP contribution in [0.1, 0.15) is 27.6 Å². The Labute approximate surface area is 192 Å². The summed E-state index contributed by atoms with van der Waals surface area (Å²) in [6.07, 6.45) is 0. The number of ether oxygens (including phenoxy) is 1. The molecule has 3 heterocycles. The van der Waals surface area contributed by atoms with Gasteiger partial charge in [-0.2, -0.15) is 5.26 Å². The van der Waals surface area contributed by atoms with Gasteiger partial charge in [0.1, 0.15) is 29.9 Å². The number of fused-ring (bicyclic) bond motifs is 1. The summed E-state index contributed by atoms with van der Waals surface area (Å²) in [5.41, 5.74) is 1.36. The third-order valence-electron chi connectivity index (χ3n) is 4.85. The fourth-order valence-corrected chi connectivity index (χ4v) is 4.16. The van der Waals surface area contributed by atoms with E-state index < -0.39 is 0 Å². The van der Waals surface area contributed by atoms with Crippen molar-refractivity contribution in [1.29, 1.82) is 5.26 Å². The standard InChI is InChI=1S/C25H17N3O4S/c26-13-16-5-1-3-7-20(16)30-15-18-10-11-21(32-18)24(29)27-14-17-9-12-22(31-17)25-28-19-6-2-4-8-23(19)33-25/h1-12H,14-15H2,(H,27,29). The minimum absolute atomic E-state index is 0.107. The van der Waals surface area contributed by atoms with E-state index in [-0.39, 0.29) is 24.8 Å². The number of hydrogen-bond acceptors (Lipinski definition) is 7. The van der Waals surface area contributed by atoms with Crippen molar-refractivity contribution in [1.82, 2.24) is 10.3 Å². The smallest absolute Gasteiger partial charge is 0.287 e. The molecule has 0 saturated carbocycles. The van der Waals surface area contributed by atoms with Gasteiger partial charge in [-0.25, -0.2) is 4.98 Å². The number of aromatic nitrogens is 1. The van der Waals surface area contributed by atoms with Gasteiger partial charge in [-0.1, -0.05) is 24.3 Å². The Bertz CT molecular complexity index is 1440. The predicted octanol–water partition coefficient (Wildman–Crippen LogP) is 5.53. The van der Waals surface area contributed by atoms with Gasteiger partial charge >= 0.3 is 0 Å². The first-order valence-corrected chi connectivity index (χ1v) is 10.9. The molecule has 1 N–H and O–H groups in total. The van der Waals surface area contributed by atoms with Crippen LogP contribution in [0.25, 0.3) is 21.0 Å².